The Hall–Kier alpha value is -5.86. The van der Waals surface area contributed by atoms with Gasteiger partial charge in [0.15, 0.2) is 5.82 Å². The minimum absolute atomic E-state index is 0.738. The van der Waals surface area contributed by atoms with E-state index in [0.29, 0.717) is 0 Å². The summed E-state index contributed by atoms with van der Waals surface area (Å²) in [5, 5.41) is 16.3. The van der Waals surface area contributed by atoms with Gasteiger partial charge in [-0.25, -0.2) is 9.97 Å². The molecule has 0 unspecified atom stereocenters. The Morgan fingerprint density at radius 1 is 0.318 bits per heavy atom. The molecule has 0 saturated carbocycles. The van der Waals surface area contributed by atoms with Crippen LogP contribution in [0, 0.1) is 0 Å². The molecule has 2 heteroatoms. The van der Waals surface area contributed by atoms with E-state index in [-0.39, 0.29) is 0 Å². The summed E-state index contributed by atoms with van der Waals surface area (Å²) in [5.74, 6) is 0.738. The molecule has 44 heavy (non-hydrogen) atoms. The van der Waals surface area contributed by atoms with Crippen LogP contribution in [0.3, 0.4) is 0 Å². The number of hydrogen-bond donors (Lipinski definition) is 0. The maximum Gasteiger partial charge on any atom is 0.160 e. The molecule has 0 bridgehead atoms. The number of para-hydroxylation sites is 1. The van der Waals surface area contributed by atoms with E-state index in [2.05, 4.69) is 140 Å². The number of hydrogen-bond acceptors (Lipinski definition) is 2. The zero-order chi connectivity index (χ0) is 28.8. The highest BCUT2D eigenvalue weighted by molar-refractivity contribution is 6.37. The van der Waals surface area contributed by atoms with Gasteiger partial charge in [0.1, 0.15) is 0 Å². The van der Waals surface area contributed by atoms with Crippen LogP contribution in [-0.2, 0) is 0 Å². The van der Waals surface area contributed by atoms with E-state index in [9.17, 15) is 0 Å². The summed E-state index contributed by atoms with van der Waals surface area (Å²) in [6.07, 6.45) is 0. The van der Waals surface area contributed by atoms with E-state index >= 15 is 0 Å². The Labute approximate surface area is 253 Å². The van der Waals surface area contributed by atoms with Crippen LogP contribution in [-0.4, -0.2) is 9.97 Å². The molecule has 9 aromatic carbocycles. The highest BCUT2D eigenvalue weighted by Crippen LogP contribution is 2.44. The minimum Gasteiger partial charge on any atom is -0.228 e. The van der Waals surface area contributed by atoms with E-state index in [1.165, 1.54) is 64.6 Å². The second-order valence-corrected chi connectivity index (χ2v) is 11.7. The van der Waals surface area contributed by atoms with Crippen LogP contribution in [0.2, 0.25) is 0 Å². The SMILES string of the molecule is c1ccc(-c2nc(-c3cc4ccc5cccc6c7cccc8ccc9cccc(c(c3)c4c56)c9c87)nc3ccccc23)cc1. The van der Waals surface area contributed by atoms with Crippen molar-refractivity contribution in [1.82, 2.24) is 9.97 Å². The Morgan fingerprint density at radius 3 is 1.50 bits per heavy atom. The molecule has 0 atom stereocenters. The fourth-order valence-electron chi connectivity index (χ4n) is 7.43. The van der Waals surface area contributed by atoms with Crippen molar-refractivity contribution in [3.63, 3.8) is 0 Å². The van der Waals surface area contributed by atoms with Gasteiger partial charge in [0.25, 0.3) is 0 Å². The van der Waals surface area contributed by atoms with Gasteiger partial charge in [-0.15, -0.1) is 0 Å². The second kappa shape index (κ2) is 8.82. The average molecular weight is 557 g/mol. The molecule has 0 fully saturated rings. The van der Waals surface area contributed by atoms with Gasteiger partial charge in [-0.1, -0.05) is 127 Å². The zero-order valence-electron chi connectivity index (χ0n) is 23.8. The van der Waals surface area contributed by atoms with Gasteiger partial charge in [-0.3, -0.25) is 0 Å². The third-order valence-electron chi connectivity index (χ3n) is 9.33. The van der Waals surface area contributed by atoms with Gasteiger partial charge in [0, 0.05) is 16.5 Å². The van der Waals surface area contributed by atoms with Gasteiger partial charge in [0.05, 0.1) is 11.2 Å². The predicted molar refractivity (Wildman–Crippen MR) is 187 cm³/mol. The summed E-state index contributed by atoms with van der Waals surface area (Å²) < 4.78 is 0. The first-order valence-electron chi connectivity index (χ1n) is 15.1. The molecule has 1 aromatic heterocycles. The summed E-state index contributed by atoms with van der Waals surface area (Å²) in [4.78, 5) is 10.4. The summed E-state index contributed by atoms with van der Waals surface area (Å²) in [6, 6.07) is 52.6. The number of aromatic nitrogens is 2. The summed E-state index contributed by atoms with van der Waals surface area (Å²) in [7, 11) is 0. The lowest BCUT2D eigenvalue weighted by Gasteiger charge is -2.17. The Kier molecular flexibility index (Phi) is 4.75. The quantitative estimate of drug-likeness (QED) is 0.198. The highest BCUT2D eigenvalue weighted by atomic mass is 14.9. The minimum atomic E-state index is 0.738. The van der Waals surface area contributed by atoms with Gasteiger partial charge in [-0.2, -0.15) is 0 Å². The standard InChI is InChI=1S/C42H24N2/c1-2-9-28(10-3-1)41-34-14-4-5-18-36(34)43-42(44-41)30-23-29-22-21-27-12-7-16-32-31-15-6-11-25-19-20-26-13-8-17-33(39(26)37(25)31)35(24-30)40(29)38(27)32/h1-24H. The van der Waals surface area contributed by atoms with E-state index in [4.69, 9.17) is 9.97 Å². The van der Waals surface area contributed by atoms with Crippen molar-refractivity contribution in [1.29, 1.82) is 0 Å². The van der Waals surface area contributed by atoms with E-state index in [1.54, 1.807) is 0 Å². The summed E-state index contributed by atoms with van der Waals surface area (Å²) in [5.41, 5.74) is 4.01. The monoisotopic (exact) mass is 556 g/mol. The first-order chi connectivity index (χ1) is 21.8. The van der Waals surface area contributed by atoms with E-state index < -0.39 is 0 Å². The topological polar surface area (TPSA) is 25.8 Å². The van der Waals surface area contributed by atoms with Crippen LogP contribution in [0.15, 0.2) is 146 Å². The lowest BCUT2D eigenvalue weighted by molar-refractivity contribution is 1.23. The third-order valence-corrected chi connectivity index (χ3v) is 9.33. The number of nitrogens with zero attached hydrogens (tertiary/aromatic N) is 2. The van der Waals surface area contributed by atoms with Crippen LogP contribution in [0.4, 0.5) is 0 Å². The van der Waals surface area contributed by atoms with Crippen LogP contribution in [0.25, 0.3) is 98.2 Å². The molecule has 10 aromatic rings. The highest BCUT2D eigenvalue weighted by Gasteiger charge is 2.18. The third kappa shape index (κ3) is 3.25. The van der Waals surface area contributed by atoms with Crippen LogP contribution >= 0.6 is 0 Å². The molecular formula is C42H24N2. The molecule has 10 rings (SSSR count). The van der Waals surface area contributed by atoms with Gasteiger partial charge in [-0.05, 0) is 82.8 Å². The molecule has 0 spiro atoms. The molecular weight excluding hydrogens is 532 g/mol. The van der Waals surface area contributed by atoms with Crippen LogP contribution in [0.5, 0.6) is 0 Å². The van der Waals surface area contributed by atoms with E-state index in [1.807, 2.05) is 6.07 Å². The first kappa shape index (κ1) is 23.7. The number of fused-ring (bicyclic) bond motifs is 3. The van der Waals surface area contributed by atoms with Gasteiger partial charge in [0.2, 0.25) is 0 Å². The smallest absolute Gasteiger partial charge is 0.160 e. The van der Waals surface area contributed by atoms with Gasteiger partial charge < -0.3 is 0 Å². The second-order valence-electron chi connectivity index (χ2n) is 11.7. The summed E-state index contributed by atoms with van der Waals surface area (Å²) >= 11 is 0. The van der Waals surface area contributed by atoms with Crippen molar-refractivity contribution in [2.75, 3.05) is 0 Å². The van der Waals surface area contributed by atoms with Crippen molar-refractivity contribution >= 4 is 75.5 Å². The molecule has 0 aliphatic carbocycles. The van der Waals surface area contributed by atoms with Crippen molar-refractivity contribution in [3.8, 4) is 22.6 Å². The molecule has 0 aliphatic heterocycles. The fourth-order valence-corrected chi connectivity index (χ4v) is 7.43. The fraction of sp³-hybridized carbons (Fsp3) is 0. The molecule has 0 amide bonds. The van der Waals surface area contributed by atoms with Gasteiger partial charge >= 0.3 is 0 Å². The van der Waals surface area contributed by atoms with Crippen molar-refractivity contribution in [2.24, 2.45) is 0 Å². The molecule has 1 heterocycles. The van der Waals surface area contributed by atoms with Crippen molar-refractivity contribution in [3.05, 3.63) is 146 Å². The zero-order valence-corrected chi connectivity index (χ0v) is 23.8. The average Bonchev–Trinajstić information content (AvgIpc) is 3.09. The Balaban J connectivity index is 1.43. The predicted octanol–water partition coefficient (Wildman–Crippen LogP) is 11.3. The maximum atomic E-state index is 5.26. The van der Waals surface area contributed by atoms with Crippen LogP contribution < -0.4 is 0 Å². The molecule has 0 radical (unpaired) electrons. The first-order valence-corrected chi connectivity index (χ1v) is 15.1. The number of rotatable bonds is 2. The lowest BCUT2D eigenvalue weighted by atomic mass is 9.87. The molecule has 0 aliphatic rings. The maximum absolute atomic E-state index is 5.26. The Morgan fingerprint density at radius 2 is 0.841 bits per heavy atom. The molecule has 2 nitrogen and oxygen atoms in total. The Bertz CT molecular complexity index is 2750. The van der Waals surface area contributed by atoms with E-state index in [0.717, 1.165) is 33.5 Å². The largest absolute Gasteiger partial charge is 0.228 e. The molecule has 0 N–H and O–H groups in total. The van der Waals surface area contributed by atoms with Crippen LogP contribution in [0.1, 0.15) is 0 Å². The normalized spacial score (nSPS) is 12.1. The molecule has 0 saturated heterocycles. The molecule has 202 valence electrons. The summed E-state index contributed by atoms with van der Waals surface area (Å²) in [6.45, 7) is 0. The van der Waals surface area contributed by atoms with Crippen molar-refractivity contribution < 1.29 is 0 Å². The lowest BCUT2D eigenvalue weighted by Crippen LogP contribution is -1.96. The van der Waals surface area contributed by atoms with Crippen molar-refractivity contribution in [2.45, 2.75) is 0 Å². The number of benzene rings is 8.